The maximum atomic E-state index is 13.3. The van der Waals surface area contributed by atoms with Gasteiger partial charge in [-0.2, -0.15) is 0 Å². The van der Waals surface area contributed by atoms with Gasteiger partial charge in [0.25, 0.3) is 11.7 Å². The lowest BCUT2D eigenvalue weighted by Crippen LogP contribution is -2.40. The number of carbonyl (C=O) groups excluding carboxylic acids is 2. The van der Waals surface area contributed by atoms with Gasteiger partial charge in [-0.25, -0.2) is 0 Å². The number of thiophene rings is 1. The van der Waals surface area contributed by atoms with Gasteiger partial charge in [0.2, 0.25) is 0 Å². The van der Waals surface area contributed by atoms with E-state index in [-0.39, 0.29) is 17.4 Å². The van der Waals surface area contributed by atoms with E-state index in [9.17, 15) is 14.7 Å². The number of ether oxygens (including phenoxy) is 1. The van der Waals surface area contributed by atoms with Crippen LogP contribution in [0.2, 0.25) is 0 Å². The Morgan fingerprint density at radius 2 is 1.85 bits per heavy atom. The van der Waals surface area contributed by atoms with Crippen LogP contribution < -0.4 is 4.74 Å². The van der Waals surface area contributed by atoms with Crippen molar-refractivity contribution in [2.24, 2.45) is 5.92 Å². The molecule has 1 aliphatic heterocycles. The molecule has 2 fully saturated rings. The third-order valence-electron chi connectivity index (χ3n) is 6.62. The average Bonchev–Trinajstić information content (AvgIpc) is 3.33. The molecule has 0 spiro atoms. The highest BCUT2D eigenvalue weighted by atomic mass is 32.1. The van der Waals surface area contributed by atoms with E-state index in [1.165, 1.54) is 11.3 Å². The molecule has 1 unspecified atom stereocenters. The van der Waals surface area contributed by atoms with E-state index < -0.39 is 17.7 Å². The molecular weight excluding hydrogens is 434 g/mol. The minimum atomic E-state index is -0.589. The first-order valence-corrected chi connectivity index (χ1v) is 12.8. The Bertz CT molecular complexity index is 1080. The van der Waals surface area contributed by atoms with Crippen LogP contribution in [0.1, 0.15) is 73.6 Å². The molecule has 1 aliphatic carbocycles. The monoisotopic (exact) mass is 467 g/mol. The van der Waals surface area contributed by atoms with E-state index >= 15 is 0 Å². The molecule has 5 nitrogen and oxygen atoms in total. The van der Waals surface area contributed by atoms with Gasteiger partial charge in [0.05, 0.1) is 12.2 Å². The lowest BCUT2D eigenvalue weighted by molar-refractivity contribution is -0.141. The van der Waals surface area contributed by atoms with Gasteiger partial charge in [-0.1, -0.05) is 33.1 Å². The molecule has 2 aliphatic rings. The summed E-state index contributed by atoms with van der Waals surface area (Å²) in [6, 6.07) is 6.93. The molecule has 2 aromatic rings. The number of likely N-dealkylation sites (tertiary alicyclic amines) is 1. The van der Waals surface area contributed by atoms with E-state index in [1.54, 1.807) is 11.0 Å². The second-order valence-electron chi connectivity index (χ2n) is 9.65. The van der Waals surface area contributed by atoms with Crippen molar-refractivity contribution in [1.82, 2.24) is 4.90 Å². The number of aliphatic hydroxyl groups excluding tert-OH is 1. The Morgan fingerprint density at radius 1 is 1.12 bits per heavy atom. The summed E-state index contributed by atoms with van der Waals surface area (Å²) in [6.07, 6.45) is 5.07. The topological polar surface area (TPSA) is 66.8 Å². The standard InChI is InChI=1S/C27H33NO4S/c1-16(2)15-32-21-11-10-19(14-18(21)4)24(29)22-23(26-17(3)12-13-33-26)28(27(31)25(22)30)20-8-6-5-7-9-20/h10-14,16,20,23,29H,5-9,15H2,1-4H3/b24-22-. The summed E-state index contributed by atoms with van der Waals surface area (Å²) in [4.78, 5) is 29.3. The van der Waals surface area contributed by atoms with Crippen LogP contribution in [0, 0.1) is 19.8 Å². The molecule has 0 bridgehead atoms. The van der Waals surface area contributed by atoms with E-state index in [4.69, 9.17) is 4.74 Å². The third-order valence-corrected chi connectivity index (χ3v) is 7.69. The minimum Gasteiger partial charge on any atom is -0.507 e. The Labute approximate surface area is 200 Å². The van der Waals surface area contributed by atoms with E-state index in [2.05, 4.69) is 13.8 Å². The van der Waals surface area contributed by atoms with Gasteiger partial charge in [-0.05, 0) is 73.4 Å². The van der Waals surface area contributed by atoms with Crippen molar-refractivity contribution >= 4 is 28.8 Å². The van der Waals surface area contributed by atoms with Crippen LogP contribution >= 0.6 is 11.3 Å². The summed E-state index contributed by atoms with van der Waals surface area (Å²) in [5, 5.41) is 13.3. The fourth-order valence-corrected chi connectivity index (χ4v) is 5.91. The van der Waals surface area contributed by atoms with Crippen molar-refractivity contribution in [3.8, 4) is 5.75 Å². The first-order chi connectivity index (χ1) is 15.8. The SMILES string of the molecule is Cc1cc(/C(O)=C2/C(=O)C(=O)N(C3CCCCC3)C2c2sccc2C)ccc1OCC(C)C. The predicted octanol–water partition coefficient (Wildman–Crippen LogP) is 6.15. The molecule has 1 saturated carbocycles. The summed E-state index contributed by atoms with van der Waals surface area (Å²) >= 11 is 1.54. The van der Waals surface area contributed by atoms with Gasteiger partial charge in [0.15, 0.2) is 0 Å². The van der Waals surface area contributed by atoms with E-state index in [0.29, 0.717) is 18.1 Å². The van der Waals surface area contributed by atoms with Gasteiger partial charge in [0, 0.05) is 16.5 Å². The number of aliphatic hydroxyl groups is 1. The van der Waals surface area contributed by atoms with Gasteiger partial charge in [-0.3, -0.25) is 9.59 Å². The van der Waals surface area contributed by atoms with Crippen LogP contribution in [-0.2, 0) is 9.59 Å². The van der Waals surface area contributed by atoms with Crippen molar-refractivity contribution < 1.29 is 19.4 Å². The first-order valence-electron chi connectivity index (χ1n) is 11.9. The zero-order valence-corrected chi connectivity index (χ0v) is 20.7. The Kier molecular flexibility index (Phi) is 6.94. The van der Waals surface area contributed by atoms with Gasteiger partial charge >= 0.3 is 0 Å². The predicted molar refractivity (Wildman–Crippen MR) is 132 cm³/mol. The van der Waals surface area contributed by atoms with Crippen molar-refractivity contribution in [2.75, 3.05) is 6.61 Å². The van der Waals surface area contributed by atoms with Crippen LogP contribution in [0.5, 0.6) is 5.75 Å². The number of rotatable bonds is 6. The van der Waals surface area contributed by atoms with Crippen LogP contribution in [0.15, 0.2) is 35.2 Å². The maximum Gasteiger partial charge on any atom is 0.295 e. The van der Waals surface area contributed by atoms with Crippen molar-refractivity contribution in [3.05, 3.63) is 56.8 Å². The number of Topliss-reactive ketones (excluding diaryl/α,β-unsaturated/α-hetero) is 1. The first kappa shape index (κ1) is 23.6. The molecule has 33 heavy (non-hydrogen) atoms. The molecule has 1 aromatic heterocycles. The molecule has 1 N–H and O–H groups in total. The van der Waals surface area contributed by atoms with Crippen LogP contribution in [-0.4, -0.2) is 34.3 Å². The van der Waals surface area contributed by atoms with E-state index in [1.807, 2.05) is 37.4 Å². The number of benzene rings is 1. The molecule has 4 rings (SSSR count). The zero-order chi connectivity index (χ0) is 23.7. The van der Waals surface area contributed by atoms with Crippen molar-refractivity contribution in [3.63, 3.8) is 0 Å². The summed E-state index contributed by atoms with van der Waals surface area (Å²) in [6.45, 7) is 8.71. The van der Waals surface area contributed by atoms with Crippen LogP contribution in [0.4, 0.5) is 0 Å². The lowest BCUT2D eigenvalue weighted by atomic mass is 9.92. The van der Waals surface area contributed by atoms with E-state index in [0.717, 1.165) is 53.9 Å². The molecular formula is C27H33NO4S. The highest BCUT2D eigenvalue weighted by Crippen LogP contribution is 2.45. The van der Waals surface area contributed by atoms with Gasteiger partial charge in [0.1, 0.15) is 17.6 Å². The number of hydrogen-bond donors (Lipinski definition) is 1. The quantitative estimate of drug-likeness (QED) is 0.314. The fraction of sp³-hybridized carbons (Fsp3) is 0.481. The molecule has 1 aromatic carbocycles. The summed E-state index contributed by atoms with van der Waals surface area (Å²) in [5.74, 6) is -0.0256. The minimum absolute atomic E-state index is 0.0283. The summed E-state index contributed by atoms with van der Waals surface area (Å²) in [5.41, 5.74) is 2.65. The number of ketones is 1. The normalized spacial score (nSPS) is 21.2. The van der Waals surface area contributed by atoms with Crippen LogP contribution in [0.25, 0.3) is 5.76 Å². The van der Waals surface area contributed by atoms with Crippen LogP contribution in [0.3, 0.4) is 0 Å². The summed E-state index contributed by atoms with van der Waals surface area (Å²) < 4.78 is 5.86. The maximum absolute atomic E-state index is 13.3. The smallest absolute Gasteiger partial charge is 0.295 e. The Morgan fingerprint density at radius 3 is 2.45 bits per heavy atom. The number of aryl methyl sites for hydroxylation is 2. The van der Waals surface area contributed by atoms with Gasteiger partial charge < -0.3 is 14.7 Å². The van der Waals surface area contributed by atoms with Crippen molar-refractivity contribution in [1.29, 1.82) is 0 Å². The zero-order valence-electron chi connectivity index (χ0n) is 19.9. The molecule has 1 saturated heterocycles. The lowest BCUT2D eigenvalue weighted by Gasteiger charge is -2.35. The second kappa shape index (κ2) is 9.72. The summed E-state index contributed by atoms with van der Waals surface area (Å²) in [7, 11) is 0. The van der Waals surface area contributed by atoms with Gasteiger partial charge in [-0.15, -0.1) is 11.3 Å². The Balaban J connectivity index is 1.78. The Hall–Kier alpha value is -2.60. The average molecular weight is 468 g/mol. The highest BCUT2D eigenvalue weighted by Gasteiger charge is 2.49. The fourth-order valence-electron chi connectivity index (χ4n) is 4.88. The molecule has 1 amide bonds. The molecule has 6 heteroatoms. The van der Waals surface area contributed by atoms with Crippen molar-refractivity contribution in [2.45, 2.75) is 71.9 Å². The largest absolute Gasteiger partial charge is 0.507 e. The molecule has 2 heterocycles. The molecule has 176 valence electrons. The molecule has 1 atom stereocenters. The third kappa shape index (κ3) is 4.58. The number of carbonyl (C=O) groups is 2. The molecule has 0 radical (unpaired) electrons. The number of amides is 1. The number of hydrogen-bond acceptors (Lipinski definition) is 5. The second-order valence-corrected chi connectivity index (χ2v) is 10.6. The number of nitrogens with zero attached hydrogens (tertiary/aromatic N) is 1. The highest BCUT2D eigenvalue weighted by molar-refractivity contribution is 7.10.